The smallest absolute Gasteiger partial charge is 0.244 e. The van der Waals surface area contributed by atoms with E-state index in [1.54, 1.807) is 31.4 Å². The average Bonchev–Trinajstić information content (AvgIpc) is 2.80. The summed E-state index contributed by atoms with van der Waals surface area (Å²) in [5.74, 6) is -0.0875. The molecule has 0 spiro atoms. The van der Waals surface area contributed by atoms with Crippen molar-refractivity contribution < 1.29 is 22.7 Å². The molecule has 0 radical (unpaired) electrons. The number of hydrogen-bond donors (Lipinski definition) is 1. The SMILES string of the molecule is CC[C@@H](C(=O)NC(C)(C)C)N(Cc1ccc(OC)cc1)C(=O)CN(c1ccc(C(C)(C)C)cc1)S(C)(=O)=O. The molecular formula is C29H43N3O5S. The standard InChI is InChI=1S/C29H43N3O5S/c1-10-25(27(34)30-29(5,6)7)31(19-21-11-17-24(37-8)18-12-21)26(33)20-32(38(9,35)36)23-15-13-22(14-16-23)28(2,3)4/h11-18,25H,10,19-20H2,1-9H3,(H,30,34)/t25-/m0/s1. The fraction of sp³-hybridized carbons (Fsp3) is 0.517. The molecule has 2 rings (SSSR count). The van der Waals surface area contributed by atoms with Crippen LogP contribution < -0.4 is 14.4 Å². The van der Waals surface area contributed by atoms with Crippen molar-refractivity contribution in [2.45, 2.75) is 78.4 Å². The van der Waals surface area contributed by atoms with Gasteiger partial charge < -0.3 is 15.0 Å². The molecule has 1 N–H and O–H groups in total. The van der Waals surface area contributed by atoms with Crippen molar-refractivity contribution in [1.82, 2.24) is 10.2 Å². The van der Waals surface area contributed by atoms with Gasteiger partial charge in [0.05, 0.1) is 19.1 Å². The molecular weight excluding hydrogens is 502 g/mol. The summed E-state index contributed by atoms with van der Waals surface area (Å²) >= 11 is 0. The Hall–Kier alpha value is -3.07. The summed E-state index contributed by atoms with van der Waals surface area (Å²) in [7, 11) is -2.22. The topological polar surface area (TPSA) is 96.0 Å². The molecule has 0 saturated heterocycles. The summed E-state index contributed by atoms with van der Waals surface area (Å²) in [4.78, 5) is 28.5. The monoisotopic (exact) mass is 545 g/mol. The Balaban J connectivity index is 2.46. The second kappa shape index (κ2) is 12.2. The predicted molar refractivity (Wildman–Crippen MR) is 153 cm³/mol. The maximum Gasteiger partial charge on any atom is 0.244 e. The van der Waals surface area contributed by atoms with Crippen LogP contribution in [0.15, 0.2) is 48.5 Å². The average molecular weight is 546 g/mol. The van der Waals surface area contributed by atoms with Crippen molar-refractivity contribution in [1.29, 1.82) is 0 Å². The number of ether oxygens (including phenoxy) is 1. The van der Waals surface area contributed by atoms with E-state index in [0.717, 1.165) is 21.7 Å². The molecule has 38 heavy (non-hydrogen) atoms. The Morgan fingerprint density at radius 1 is 0.947 bits per heavy atom. The molecule has 1 atom stereocenters. The Kier molecular flexibility index (Phi) is 10.00. The molecule has 0 aliphatic rings. The zero-order valence-electron chi connectivity index (χ0n) is 24.2. The summed E-state index contributed by atoms with van der Waals surface area (Å²) in [5, 5.41) is 2.96. The number of benzene rings is 2. The van der Waals surface area contributed by atoms with Crippen molar-refractivity contribution in [3.05, 3.63) is 59.7 Å². The number of rotatable bonds is 10. The molecule has 0 aromatic heterocycles. The number of anilines is 1. The van der Waals surface area contributed by atoms with E-state index in [9.17, 15) is 18.0 Å². The minimum atomic E-state index is -3.79. The van der Waals surface area contributed by atoms with Crippen LogP contribution in [0.2, 0.25) is 0 Å². The predicted octanol–water partition coefficient (Wildman–Crippen LogP) is 4.48. The largest absolute Gasteiger partial charge is 0.497 e. The van der Waals surface area contributed by atoms with Gasteiger partial charge in [-0.2, -0.15) is 0 Å². The van der Waals surface area contributed by atoms with Crippen LogP contribution >= 0.6 is 0 Å². The Labute approximate surface area is 228 Å². The van der Waals surface area contributed by atoms with Crippen molar-refractivity contribution in [2.24, 2.45) is 0 Å². The Morgan fingerprint density at radius 2 is 1.50 bits per heavy atom. The molecule has 0 aliphatic heterocycles. The molecule has 0 fully saturated rings. The van der Waals surface area contributed by atoms with E-state index in [-0.39, 0.29) is 17.9 Å². The minimum Gasteiger partial charge on any atom is -0.497 e. The van der Waals surface area contributed by atoms with Crippen molar-refractivity contribution in [3.8, 4) is 5.75 Å². The Morgan fingerprint density at radius 3 is 1.92 bits per heavy atom. The normalized spacial score (nSPS) is 13.0. The minimum absolute atomic E-state index is 0.103. The van der Waals surface area contributed by atoms with Gasteiger partial charge in [0.25, 0.3) is 0 Å². The van der Waals surface area contributed by atoms with E-state index >= 15 is 0 Å². The van der Waals surface area contributed by atoms with Gasteiger partial charge in [-0.3, -0.25) is 13.9 Å². The van der Waals surface area contributed by atoms with Crippen molar-refractivity contribution in [3.63, 3.8) is 0 Å². The molecule has 0 aliphatic carbocycles. The van der Waals surface area contributed by atoms with Gasteiger partial charge in [-0.1, -0.05) is 52.0 Å². The van der Waals surface area contributed by atoms with Crippen LogP contribution in [0.5, 0.6) is 5.75 Å². The first-order chi connectivity index (χ1) is 17.5. The zero-order chi connectivity index (χ0) is 28.9. The summed E-state index contributed by atoms with van der Waals surface area (Å²) in [6.07, 6.45) is 1.44. The van der Waals surface area contributed by atoms with Crippen LogP contribution in [0.25, 0.3) is 0 Å². The van der Waals surface area contributed by atoms with E-state index in [1.807, 2.05) is 52.0 Å². The first-order valence-corrected chi connectivity index (χ1v) is 14.6. The number of amides is 2. The van der Waals surface area contributed by atoms with Crippen molar-refractivity contribution >= 4 is 27.5 Å². The lowest BCUT2D eigenvalue weighted by Gasteiger charge is -2.34. The summed E-state index contributed by atoms with van der Waals surface area (Å²) in [5.41, 5.74) is 1.64. The van der Waals surface area contributed by atoms with Gasteiger partial charge in [-0.05, 0) is 68.0 Å². The number of nitrogens with one attached hydrogen (secondary N) is 1. The molecule has 9 heteroatoms. The lowest BCUT2D eigenvalue weighted by atomic mass is 9.87. The quantitative estimate of drug-likeness (QED) is 0.475. The molecule has 2 aromatic rings. The molecule has 0 unspecified atom stereocenters. The van der Waals surface area contributed by atoms with Crippen LogP contribution in [-0.2, 0) is 31.6 Å². The third-order valence-electron chi connectivity index (χ3n) is 6.10. The second-order valence-corrected chi connectivity index (χ2v) is 13.5. The lowest BCUT2D eigenvalue weighted by Crippen LogP contribution is -2.55. The summed E-state index contributed by atoms with van der Waals surface area (Å²) in [6.45, 7) is 13.4. The molecule has 0 saturated carbocycles. The summed E-state index contributed by atoms with van der Waals surface area (Å²) in [6, 6.07) is 13.6. The maximum absolute atomic E-state index is 13.8. The highest BCUT2D eigenvalue weighted by atomic mass is 32.2. The third kappa shape index (κ3) is 8.75. The lowest BCUT2D eigenvalue weighted by molar-refractivity contribution is -0.141. The van der Waals surface area contributed by atoms with Gasteiger partial charge >= 0.3 is 0 Å². The highest BCUT2D eigenvalue weighted by Gasteiger charge is 2.33. The van der Waals surface area contributed by atoms with Crippen LogP contribution in [-0.4, -0.2) is 56.6 Å². The van der Waals surface area contributed by atoms with Gasteiger partial charge in [-0.25, -0.2) is 8.42 Å². The Bertz CT molecular complexity index is 1190. The van der Waals surface area contributed by atoms with E-state index < -0.39 is 34.1 Å². The van der Waals surface area contributed by atoms with Gasteiger partial charge in [0.1, 0.15) is 18.3 Å². The summed E-state index contributed by atoms with van der Waals surface area (Å²) < 4.78 is 32.0. The molecule has 2 aromatic carbocycles. The molecule has 0 bridgehead atoms. The first-order valence-electron chi connectivity index (χ1n) is 12.8. The van der Waals surface area contributed by atoms with Crippen molar-refractivity contribution in [2.75, 3.05) is 24.2 Å². The molecule has 210 valence electrons. The zero-order valence-corrected chi connectivity index (χ0v) is 25.0. The molecule has 0 heterocycles. The van der Waals surface area contributed by atoms with Crippen LogP contribution in [0.1, 0.15) is 66.0 Å². The van der Waals surface area contributed by atoms with E-state index in [4.69, 9.17) is 4.74 Å². The number of carbonyl (C=O) groups excluding carboxylic acids is 2. The second-order valence-electron chi connectivity index (χ2n) is 11.6. The molecule has 2 amide bonds. The van der Waals surface area contributed by atoms with E-state index in [1.165, 1.54) is 4.90 Å². The van der Waals surface area contributed by atoms with E-state index in [0.29, 0.717) is 17.9 Å². The highest BCUT2D eigenvalue weighted by Crippen LogP contribution is 2.26. The van der Waals surface area contributed by atoms with Gasteiger partial charge in [0.2, 0.25) is 21.8 Å². The van der Waals surface area contributed by atoms with Gasteiger partial charge in [-0.15, -0.1) is 0 Å². The van der Waals surface area contributed by atoms with Crippen LogP contribution in [0.4, 0.5) is 5.69 Å². The van der Waals surface area contributed by atoms with Crippen LogP contribution in [0.3, 0.4) is 0 Å². The maximum atomic E-state index is 13.8. The number of hydrogen-bond acceptors (Lipinski definition) is 5. The first kappa shape index (κ1) is 31.1. The number of nitrogens with zero attached hydrogens (tertiary/aromatic N) is 2. The van der Waals surface area contributed by atoms with E-state index in [2.05, 4.69) is 26.1 Å². The highest BCUT2D eigenvalue weighted by molar-refractivity contribution is 7.92. The van der Waals surface area contributed by atoms with Gasteiger partial charge in [0, 0.05) is 12.1 Å². The third-order valence-corrected chi connectivity index (χ3v) is 7.24. The molecule has 8 nitrogen and oxygen atoms in total. The fourth-order valence-electron chi connectivity index (χ4n) is 4.04. The van der Waals surface area contributed by atoms with Gasteiger partial charge in [0.15, 0.2) is 0 Å². The number of carbonyl (C=O) groups is 2. The van der Waals surface area contributed by atoms with Crippen LogP contribution in [0, 0.1) is 0 Å². The number of sulfonamides is 1. The number of methoxy groups -OCH3 is 1. The fourth-order valence-corrected chi connectivity index (χ4v) is 4.89.